The number of amides is 1. The molecule has 0 saturated carbocycles. The summed E-state index contributed by atoms with van der Waals surface area (Å²) >= 11 is 7.56. The molecule has 0 atom stereocenters. The van der Waals surface area contributed by atoms with Gasteiger partial charge in [0, 0.05) is 16.0 Å². The van der Waals surface area contributed by atoms with E-state index in [-0.39, 0.29) is 0 Å². The quantitative estimate of drug-likeness (QED) is 0.527. The Morgan fingerprint density at radius 1 is 1.00 bits per heavy atom. The van der Waals surface area contributed by atoms with Gasteiger partial charge in [0.05, 0.1) is 11.4 Å². The van der Waals surface area contributed by atoms with Crippen molar-refractivity contribution in [3.05, 3.63) is 70.6 Å². The number of nitrogen functional groups attached to an aromatic ring is 1. The van der Waals surface area contributed by atoms with Crippen LogP contribution >= 0.6 is 22.9 Å². The number of pyridine rings is 1. The van der Waals surface area contributed by atoms with Crippen molar-refractivity contribution in [1.29, 1.82) is 0 Å². The minimum atomic E-state index is -0.552. The Labute approximate surface area is 159 Å². The Morgan fingerprint density at radius 3 is 2.38 bits per heavy atom. The third-order valence-electron chi connectivity index (χ3n) is 4.16. The average Bonchev–Trinajstić information content (AvgIpc) is 2.99. The molecule has 0 spiro atoms. The van der Waals surface area contributed by atoms with Crippen molar-refractivity contribution in [2.75, 3.05) is 5.73 Å². The van der Waals surface area contributed by atoms with Gasteiger partial charge in [-0.3, -0.25) is 4.79 Å². The average molecular weight is 380 g/mol. The largest absolute Gasteiger partial charge is 0.397 e. The van der Waals surface area contributed by atoms with Crippen LogP contribution in [-0.2, 0) is 0 Å². The first-order chi connectivity index (χ1) is 12.6. The maximum Gasteiger partial charge on any atom is 0.260 e. The monoisotopic (exact) mass is 379 g/mol. The minimum Gasteiger partial charge on any atom is -0.397 e. The van der Waals surface area contributed by atoms with E-state index in [9.17, 15) is 4.79 Å². The highest BCUT2D eigenvalue weighted by molar-refractivity contribution is 7.21. The Morgan fingerprint density at radius 2 is 1.69 bits per heavy atom. The minimum absolute atomic E-state index is 0.320. The van der Waals surface area contributed by atoms with Crippen molar-refractivity contribution in [2.24, 2.45) is 5.73 Å². The number of benzene rings is 2. The smallest absolute Gasteiger partial charge is 0.260 e. The van der Waals surface area contributed by atoms with Gasteiger partial charge in [-0.05, 0) is 23.3 Å². The molecule has 0 aliphatic heterocycles. The van der Waals surface area contributed by atoms with Crippen LogP contribution in [0.5, 0.6) is 0 Å². The summed E-state index contributed by atoms with van der Waals surface area (Å²) in [6, 6.07) is 19.3. The number of rotatable bonds is 3. The SMILES string of the molecule is NC(=O)c1sc2nc(-c3ccccc3Cl)cc(-c3ccccc3)c2c1N. The number of halogens is 1. The zero-order chi connectivity index (χ0) is 18.3. The summed E-state index contributed by atoms with van der Waals surface area (Å²) in [5.74, 6) is -0.552. The molecule has 4 N–H and O–H groups in total. The molecular formula is C20H14ClN3OS. The molecule has 4 aromatic rings. The van der Waals surface area contributed by atoms with E-state index >= 15 is 0 Å². The van der Waals surface area contributed by atoms with Crippen LogP contribution in [0.1, 0.15) is 9.67 Å². The third kappa shape index (κ3) is 2.71. The van der Waals surface area contributed by atoms with Gasteiger partial charge < -0.3 is 11.5 Å². The number of carbonyl (C=O) groups is 1. The fraction of sp³-hybridized carbons (Fsp3) is 0. The number of nitrogens with two attached hydrogens (primary N) is 2. The second kappa shape index (κ2) is 6.44. The number of carbonyl (C=O) groups excluding carboxylic acids is 1. The van der Waals surface area contributed by atoms with Crippen LogP contribution in [0.25, 0.3) is 32.6 Å². The summed E-state index contributed by atoms with van der Waals surface area (Å²) < 4.78 is 0. The standard InChI is InChI=1S/C20H14ClN3OS/c21-14-9-5-4-8-12(14)15-10-13(11-6-2-1-3-7-11)16-17(22)18(19(23)25)26-20(16)24-15/h1-10H,22H2,(H2,23,25). The van der Waals surface area contributed by atoms with Gasteiger partial charge >= 0.3 is 0 Å². The zero-order valence-electron chi connectivity index (χ0n) is 13.6. The second-order valence-corrected chi connectivity index (χ2v) is 7.20. The summed E-state index contributed by atoms with van der Waals surface area (Å²) in [7, 11) is 0. The molecule has 26 heavy (non-hydrogen) atoms. The Hall–Kier alpha value is -2.89. The summed E-state index contributed by atoms with van der Waals surface area (Å²) in [6.45, 7) is 0. The van der Waals surface area contributed by atoms with Gasteiger partial charge in [-0.25, -0.2) is 4.98 Å². The highest BCUT2D eigenvalue weighted by atomic mass is 35.5. The molecule has 2 aromatic carbocycles. The number of aromatic nitrogens is 1. The van der Waals surface area contributed by atoms with Gasteiger partial charge in [-0.15, -0.1) is 11.3 Å². The molecule has 0 aliphatic rings. The second-order valence-electron chi connectivity index (χ2n) is 5.79. The Bertz CT molecular complexity index is 1140. The van der Waals surface area contributed by atoms with E-state index in [0.29, 0.717) is 20.4 Å². The van der Waals surface area contributed by atoms with Crippen molar-refractivity contribution < 1.29 is 4.79 Å². The first-order valence-corrected chi connectivity index (χ1v) is 9.09. The normalized spacial score (nSPS) is 11.0. The van der Waals surface area contributed by atoms with Crippen LogP contribution in [0.4, 0.5) is 5.69 Å². The molecule has 4 rings (SSSR count). The zero-order valence-corrected chi connectivity index (χ0v) is 15.1. The molecule has 0 bridgehead atoms. The topological polar surface area (TPSA) is 82.0 Å². The molecule has 0 unspecified atom stereocenters. The lowest BCUT2D eigenvalue weighted by atomic mass is 9.99. The van der Waals surface area contributed by atoms with Crippen LogP contribution in [0.15, 0.2) is 60.7 Å². The fourth-order valence-electron chi connectivity index (χ4n) is 2.96. The fourth-order valence-corrected chi connectivity index (χ4v) is 4.16. The van der Waals surface area contributed by atoms with Crippen molar-refractivity contribution in [3.8, 4) is 22.4 Å². The van der Waals surface area contributed by atoms with Crippen LogP contribution in [-0.4, -0.2) is 10.9 Å². The first-order valence-electron chi connectivity index (χ1n) is 7.89. The maximum atomic E-state index is 11.8. The molecule has 2 heterocycles. The van der Waals surface area contributed by atoms with Gasteiger partial charge in [0.15, 0.2) is 0 Å². The van der Waals surface area contributed by atoms with E-state index in [1.165, 1.54) is 11.3 Å². The van der Waals surface area contributed by atoms with Gasteiger partial charge in [0.25, 0.3) is 5.91 Å². The van der Waals surface area contributed by atoms with Gasteiger partial charge in [0.2, 0.25) is 0 Å². The molecule has 0 radical (unpaired) electrons. The van der Waals surface area contributed by atoms with Gasteiger partial charge in [-0.2, -0.15) is 0 Å². The molecular weight excluding hydrogens is 366 g/mol. The highest BCUT2D eigenvalue weighted by Crippen LogP contribution is 2.41. The summed E-state index contributed by atoms with van der Waals surface area (Å²) in [5, 5.41) is 1.35. The number of fused-ring (bicyclic) bond motifs is 1. The predicted molar refractivity (Wildman–Crippen MR) is 108 cm³/mol. The molecule has 0 aliphatic carbocycles. The summed E-state index contributed by atoms with van der Waals surface area (Å²) in [5.41, 5.74) is 15.5. The Balaban J connectivity index is 2.09. The summed E-state index contributed by atoms with van der Waals surface area (Å²) in [6.07, 6.45) is 0. The van der Waals surface area contributed by atoms with Crippen LogP contribution in [0.3, 0.4) is 0 Å². The highest BCUT2D eigenvalue weighted by Gasteiger charge is 2.20. The molecule has 128 valence electrons. The van der Waals surface area contributed by atoms with E-state index in [2.05, 4.69) is 0 Å². The first kappa shape index (κ1) is 16.6. The lowest BCUT2D eigenvalue weighted by Crippen LogP contribution is -2.10. The van der Waals surface area contributed by atoms with E-state index < -0.39 is 5.91 Å². The molecule has 1 amide bonds. The van der Waals surface area contributed by atoms with Crippen molar-refractivity contribution in [1.82, 2.24) is 4.98 Å². The van der Waals surface area contributed by atoms with Crippen LogP contribution < -0.4 is 11.5 Å². The predicted octanol–water partition coefficient (Wildman–Crippen LogP) is 4.96. The number of primary amides is 1. The number of hydrogen-bond acceptors (Lipinski definition) is 4. The maximum absolute atomic E-state index is 11.8. The third-order valence-corrected chi connectivity index (χ3v) is 5.60. The van der Waals surface area contributed by atoms with E-state index in [0.717, 1.165) is 27.8 Å². The number of nitrogens with zero attached hydrogens (tertiary/aromatic N) is 1. The lowest BCUT2D eigenvalue weighted by molar-refractivity contribution is 0.100. The van der Waals surface area contributed by atoms with E-state index in [4.69, 9.17) is 28.1 Å². The molecule has 0 fully saturated rings. The van der Waals surface area contributed by atoms with Crippen molar-refractivity contribution in [3.63, 3.8) is 0 Å². The van der Waals surface area contributed by atoms with Crippen LogP contribution in [0.2, 0.25) is 5.02 Å². The number of hydrogen-bond donors (Lipinski definition) is 2. The van der Waals surface area contributed by atoms with Crippen molar-refractivity contribution >= 4 is 44.7 Å². The number of thiophene rings is 1. The molecule has 6 heteroatoms. The molecule has 2 aromatic heterocycles. The Kier molecular flexibility index (Phi) is 4.11. The molecule has 4 nitrogen and oxygen atoms in total. The van der Waals surface area contributed by atoms with Crippen LogP contribution in [0, 0.1) is 0 Å². The van der Waals surface area contributed by atoms with Gasteiger partial charge in [-0.1, -0.05) is 60.1 Å². The summed E-state index contributed by atoms with van der Waals surface area (Å²) in [4.78, 5) is 17.4. The van der Waals surface area contributed by atoms with Crippen molar-refractivity contribution in [2.45, 2.75) is 0 Å². The molecule has 0 saturated heterocycles. The lowest BCUT2D eigenvalue weighted by Gasteiger charge is -2.09. The van der Waals surface area contributed by atoms with Gasteiger partial charge in [0.1, 0.15) is 9.71 Å². The number of anilines is 1. The van der Waals surface area contributed by atoms with E-state index in [1.54, 1.807) is 0 Å². The van der Waals surface area contributed by atoms with E-state index in [1.807, 2.05) is 60.7 Å².